The van der Waals surface area contributed by atoms with Gasteiger partial charge < -0.3 is 19.9 Å². The van der Waals surface area contributed by atoms with Gasteiger partial charge in [-0.3, -0.25) is 9.69 Å². The molecule has 30 heavy (non-hydrogen) atoms. The van der Waals surface area contributed by atoms with E-state index in [-0.39, 0.29) is 0 Å². The Labute approximate surface area is 223 Å². The number of hydrogen-bond acceptors (Lipinski definition) is 6. The number of fused-ring (bicyclic) bond motifs is 3. The second-order valence-corrected chi connectivity index (χ2v) is 5.82. The van der Waals surface area contributed by atoms with Gasteiger partial charge in [-0.25, -0.2) is 0 Å². The van der Waals surface area contributed by atoms with Gasteiger partial charge in [0.2, 0.25) is 0 Å². The van der Waals surface area contributed by atoms with E-state index < -0.39 is 136 Å². The van der Waals surface area contributed by atoms with Crippen molar-refractivity contribution in [1.29, 1.82) is 0 Å². The van der Waals surface area contributed by atoms with Crippen LogP contribution in [0.15, 0.2) is 12.1 Å². The van der Waals surface area contributed by atoms with Gasteiger partial charge in [0.1, 0.15) is 12.1 Å². The van der Waals surface area contributed by atoms with Gasteiger partial charge in [0.15, 0.2) is 11.5 Å². The Bertz CT molecular complexity index is 1830. The number of esters is 1. The Hall–Kier alpha value is -1.79. The Kier molecular flexibility index (Phi) is 1.84. The van der Waals surface area contributed by atoms with Crippen molar-refractivity contribution >= 4 is 5.97 Å². The molecular weight excluding hydrogens is 380 g/mol. The van der Waals surface area contributed by atoms with Gasteiger partial charge in [-0.1, -0.05) is 27.4 Å². The van der Waals surface area contributed by atoms with E-state index in [9.17, 15) is 13.0 Å². The molecule has 0 spiro atoms. The standard InChI is InChI=1S/C24H38N2O4/c1-14(2)9-17-13-26-8-7-16-10-21(28-5)22(29-6)11-18(16)19(26)12-20(17)30-24(27)23(25)15(3)4/h10-11,14-15,17,19-20,23H,7-9,12-13,25H2,1-6H3/t17?,19?,20?,23-/m0/s1/i1D3,2D3,3D3,4D3,5D3,7D2,8D2,9D2,12D2,13D2,14D,15D,17D,19D,23D. The molecule has 4 atom stereocenters. The second kappa shape index (κ2) is 9.56. The van der Waals surface area contributed by atoms with Crippen LogP contribution in [0.5, 0.6) is 11.5 Å². The minimum Gasteiger partial charge on any atom is -0.493 e. The SMILES string of the molecule is [2H]C([2H])([2H])Oc1cc2c(cc1OC)C1([2H])N(C([2H])([2H])C2([2H])[2H])C([2H])([2H])C([2H])(C([2H])([2H])C([2H])(C([2H])([2H])[2H])C([2H])([2H])[2H])C(OC(=O)[C@@]([2H])(N)C([2H])(C([2H])([2H])[2H])C([2H])([2H])[2H])C1([2H])[2H]. The first-order valence-electron chi connectivity index (χ1n) is 23.1. The molecular formula is C24H38N2O4. The first kappa shape index (κ1) is 5.76. The number of aryl methyl sites for hydroxylation is 1. The van der Waals surface area contributed by atoms with Crippen LogP contribution in [0.3, 0.4) is 0 Å². The number of piperidine rings is 1. The fourth-order valence-electron chi connectivity index (χ4n) is 2.58. The molecule has 1 saturated heterocycles. The normalized spacial score (nSPS) is 55.6. The van der Waals surface area contributed by atoms with Crippen molar-refractivity contribution in [2.24, 2.45) is 23.4 Å². The van der Waals surface area contributed by atoms with Crippen LogP contribution in [0.1, 0.15) is 98.4 Å². The smallest absolute Gasteiger partial charge is 0.323 e. The molecule has 0 bridgehead atoms. The highest BCUT2D eigenvalue weighted by atomic mass is 16.5. The summed E-state index contributed by atoms with van der Waals surface area (Å²) in [5, 5.41) is 0. The van der Waals surface area contributed by atoms with Crippen molar-refractivity contribution in [2.45, 2.75) is 64.7 Å². The van der Waals surface area contributed by atoms with Crippen molar-refractivity contribution in [3.05, 3.63) is 23.3 Å². The predicted octanol–water partition coefficient (Wildman–Crippen LogP) is 3.56. The summed E-state index contributed by atoms with van der Waals surface area (Å²) in [5.41, 5.74) is 3.01. The molecule has 2 heterocycles. The van der Waals surface area contributed by atoms with Crippen molar-refractivity contribution < 1.29 is 60.1 Å². The zero-order valence-corrected chi connectivity index (χ0v) is 15.4. The van der Waals surface area contributed by atoms with Crippen LogP contribution in [0.25, 0.3) is 0 Å². The number of carbonyl (C=O) groups excluding carboxylic acids is 1. The van der Waals surface area contributed by atoms with E-state index in [0.717, 1.165) is 7.11 Å². The van der Waals surface area contributed by atoms with E-state index in [0.29, 0.717) is 12.1 Å². The number of nitrogens with two attached hydrogens (primary N) is 1. The van der Waals surface area contributed by atoms with Crippen LogP contribution in [-0.2, 0) is 15.9 Å². The second-order valence-electron chi connectivity index (χ2n) is 5.82. The number of hydrogen-bond donors (Lipinski definition) is 1. The van der Waals surface area contributed by atoms with E-state index in [4.69, 9.17) is 52.8 Å². The van der Waals surface area contributed by atoms with Gasteiger partial charge in [-0.05, 0) is 47.8 Å². The van der Waals surface area contributed by atoms with Crippen LogP contribution >= 0.6 is 0 Å². The molecule has 0 aromatic heterocycles. The summed E-state index contributed by atoms with van der Waals surface area (Å²) in [5.74, 6) is -19.2. The first-order chi connectivity index (χ1) is 25.9. The summed E-state index contributed by atoms with van der Waals surface area (Å²) < 4.78 is 266. The van der Waals surface area contributed by atoms with Gasteiger partial charge in [0.05, 0.1) is 21.0 Å². The molecule has 1 aromatic carbocycles. The van der Waals surface area contributed by atoms with Crippen LogP contribution in [0.2, 0.25) is 0 Å². The molecule has 0 aliphatic carbocycles. The van der Waals surface area contributed by atoms with E-state index in [1.807, 2.05) is 0 Å². The third-order valence-corrected chi connectivity index (χ3v) is 3.93. The zero-order chi connectivity index (χ0) is 48.1. The number of rotatable bonds is 7. The Balaban J connectivity index is 2.76. The molecule has 1 fully saturated rings. The fourth-order valence-corrected chi connectivity index (χ4v) is 2.58. The highest BCUT2D eigenvalue weighted by Crippen LogP contribution is 2.44. The van der Waals surface area contributed by atoms with Crippen LogP contribution in [-0.4, -0.2) is 50.1 Å². The largest absolute Gasteiger partial charge is 0.493 e. The molecule has 0 saturated carbocycles. The summed E-state index contributed by atoms with van der Waals surface area (Å²) >= 11 is 0. The van der Waals surface area contributed by atoms with E-state index in [1.165, 1.54) is 0 Å². The average molecular weight is 449 g/mol. The number of benzene rings is 1. The highest BCUT2D eigenvalue weighted by Gasteiger charge is 2.41. The number of nitrogens with zero attached hydrogens (tertiary/aromatic N) is 1. The number of carbonyl (C=O) groups is 1. The zero-order valence-electron chi connectivity index (χ0n) is 45.4. The summed E-state index contributed by atoms with van der Waals surface area (Å²) in [6, 6.07) is -7.99. The molecule has 3 unspecified atom stereocenters. The summed E-state index contributed by atoms with van der Waals surface area (Å²) in [4.78, 5) is 13.2. The lowest BCUT2D eigenvalue weighted by molar-refractivity contribution is -0.160. The maximum atomic E-state index is 14.0. The quantitative estimate of drug-likeness (QED) is 0.643. The van der Waals surface area contributed by atoms with E-state index in [1.54, 1.807) is 0 Å². The molecule has 0 amide bonds. The van der Waals surface area contributed by atoms with Crippen LogP contribution in [0, 0.1) is 17.7 Å². The Morgan fingerprint density at radius 2 is 2.20 bits per heavy atom. The van der Waals surface area contributed by atoms with Crippen LogP contribution < -0.4 is 15.2 Å². The Morgan fingerprint density at radius 3 is 2.90 bits per heavy atom. The lowest BCUT2D eigenvalue weighted by atomic mass is 9.79. The van der Waals surface area contributed by atoms with Crippen molar-refractivity contribution in [2.75, 3.05) is 27.1 Å². The highest BCUT2D eigenvalue weighted by molar-refractivity contribution is 5.76. The Morgan fingerprint density at radius 1 is 1.40 bits per heavy atom. The molecule has 3 rings (SSSR count). The maximum Gasteiger partial charge on any atom is 0.323 e. The molecule has 2 aliphatic rings. The molecule has 6 nitrogen and oxygen atoms in total. The number of methoxy groups -OCH3 is 2. The van der Waals surface area contributed by atoms with E-state index >= 15 is 0 Å². The van der Waals surface area contributed by atoms with Crippen molar-refractivity contribution in [1.82, 2.24) is 4.90 Å². The molecule has 6 heteroatoms. The predicted molar refractivity (Wildman–Crippen MR) is 118 cm³/mol. The molecule has 168 valence electrons. The lowest BCUT2D eigenvalue weighted by Gasteiger charge is -2.47. The van der Waals surface area contributed by atoms with Crippen molar-refractivity contribution in [3.8, 4) is 11.5 Å². The van der Waals surface area contributed by atoms with Crippen molar-refractivity contribution in [3.63, 3.8) is 0 Å². The van der Waals surface area contributed by atoms with Gasteiger partial charge in [-0.15, -0.1) is 0 Å². The van der Waals surface area contributed by atoms with Gasteiger partial charge in [0.25, 0.3) is 0 Å². The minimum absolute atomic E-state index is 0.383. The summed E-state index contributed by atoms with van der Waals surface area (Å²) in [6.45, 7) is -27.0. The third kappa shape index (κ3) is 4.75. The maximum absolute atomic E-state index is 14.0. The third-order valence-electron chi connectivity index (χ3n) is 3.93. The van der Waals surface area contributed by atoms with E-state index in [2.05, 4.69) is 0 Å². The van der Waals surface area contributed by atoms with Gasteiger partial charge in [-0.2, -0.15) is 0 Å². The lowest BCUT2D eigenvalue weighted by Crippen LogP contribution is -2.51. The number of ether oxygens (including phenoxy) is 3. The molecule has 0 radical (unpaired) electrons. The molecule has 2 N–H and O–H groups in total. The summed E-state index contributed by atoms with van der Waals surface area (Å²) in [6.07, 6.45) is -17.8. The fraction of sp³-hybridized carbons (Fsp3) is 0.708. The first-order valence-corrected chi connectivity index (χ1v) is 8.11. The molecule has 1 aromatic rings. The van der Waals surface area contributed by atoms with Gasteiger partial charge in [0, 0.05) is 65.5 Å². The minimum atomic E-state index is -5.14. The summed E-state index contributed by atoms with van der Waals surface area (Å²) in [7, 11) is -2.55. The average Bonchev–Trinajstić information content (AvgIpc) is 3.00. The van der Waals surface area contributed by atoms with Crippen LogP contribution in [0.4, 0.5) is 0 Å². The topological polar surface area (TPSA) is 74.0 Å². The van der Waals surface area contributed by atoms with Gasteiger partial charge >= 0.3 is 5.97 Å². The molecule has 2 aliphatic heterocycles. The monoisotopic (exact) mass is 448 g/mol.